The second-order valence-corrected chi connectivity index (χ2v) is 6.78. The van der Waals surface area contributed by atoms with E-state index in [-0.39, 0.29) is 25.6 Å². The molecule has 2 aromatic rings. The third-order valence-electron chi connectivity index (χ3n) is 4.14. The molecule has 8 heteroatoms. The highest BCUT2D eigenvalue weighted by Gasteiger charge is 2.16. The predicted molar refractivity (Wildman–Crippen MR) is 105 cm³/mol. The summed E-state index contributed by atoms with van der Waals surface area (Å²) in [6.45, 7) is 5.10. The molecule has 0 fully saturated rings. The van der Waals surface area contributed by atoms with Gasteiger partial charge >= 0.3 is 5.97 Å². The first-order valence-corrected chi connectivity index (χ1v) is 9.15. The van der Waals surface area contributed by atoms with E-state index < -0.39 is 18.5 Å². The van der Waals surface area contributed by atoms with Crippen LogP contribution in [-0.2, 0) is 25.7 Å². The van der Waals surface area contributed by atoms with Gasteiger partial charge in [-0.15, -0.1) is 0 Å². The van der Waals surface area contributed by atoms with Crippen molar-refractivity contribution in [3.63, 3.8) is 0 Å². The Balaban J connectivity index is 1.70. The summed E-state index contributed by atoms with van der Waals surface area (Å²) >= 11 is 0. The highest BCUT2D eigenvalue weighted by atomic mass is 16.6. The van der Waals surface area contributed by atoms with Crippen molar-refractivity contribution in [3.05, 3.63) is 53.0 Å². The zero-order valence-electron chi connectivity index (χ0n) is 17.1. The normalized spacial score (nSPS) is 10.3. The van der Waals surface area contributed by atoms with Crippen LogP contribution in [0.4, 0.5) is 0 Å². The number of hydrogen-bond acceptors (Lipinski definition) is 6. The molecular weight excluding hydrogens is 376 g/mol. The van der Waals surface area contributed by atoms with Crippen LogP contribution < -0.4 is 10.1 Å². The van der Waals surface area contributed by atoms with Gasteiger partial charge in [-0.3, -0.25) is 9.59 Å². The van der Waals surface area contributed by atoms with Gasteiger partial charge in [-0.1, -0.05) is 17.7 Å². The number of carbonyl (C=O) groups is 3. The summed E-state index contributed by atoms with van der Waals surface area (Å²) in [7, 11) is 1.46. The summed E-state index contributed by atoms with van der Waals surface area (Å²) in [4.78, 5) is 37.0. The Hall–Kier alpha value is -3.29. The summed E-state index contributed by atoms with van der Waals surface area (Å²) in [5.74, 6) is -0.260. The number of carbonyl (C=O) groups excluding carboxylic acids is 3. The lowest BCUT2D eigenvalue weighted by atomic mass is 10.1. The Morgan fingerprint density at radius 3 is 2.41 bits per heavy atom. The molecule has 2 amide bonds. The maximum Gasteiger partial charge on any atom is 0.344 e. The monoisotopic (exact) mass is 402 g/mol. The molecular formula is C21H26N2O6. The van der Waals surface area contributed by atoms with Crippen molar-refractivity contribution >= 4 is 17.8 Å². The lowest BCUT2D eigenvalue weighted by molar-refractivity contribution is -0.153. The van der Waals surface area contributed by atoms with E-state index in [1.807, 2.05) is 32.9 Å². The van der Waals surface area contributed by atoms with Crippen LogP contribution in [0, 0.1) is 20.8 Å². The van der Waals surface area contributed by atoms with Gasteiger partial charge < -0.3 is 24.1 Å². The lowest BCUT2D eigenvalue weighted by Gasteiger charge is -2.17. The minimum absolute atomic E-state index is 0.157. The van der Waals surface area contributed by atoms with Crippen LogP contribution in [0.5, 0.6) is 5.75 Å². The van der Waals surface area contributed by atoms with E-state index >= 15 is 0 Å². The van der Waals surface area contributed by atoms with Gasteiger partial charge in [0.2, 0.25) is 5.91 Å². The van der Waals surface area contributed by atoms with Crippen LogP contribution in [0.3, 0.4) is 0 Å². The maximum atomic E-state index is 12.0. The molecule has 1 aromatic carbocycles. The fourth-order valence-corrected chi connectivity index (χ4v) is 2.78. The standard InChI is InChI=1S/C21H26N2O6/c1-14-8-15(2)21(16(3)9-14)29-13-20(26)28-12-19(25)23(4)11-18(24)22-10-17-6-5-7-27-17/h5-9H,10-13H2,1-4H3,(H,22,24). The molecule has 0 saturated heterocycles. The van der Waals surface area contributed by atoms with Crippen molar-refractivity contribution in [3.8, 4) is 5.75 Å². The Morgan fingerprint density at radius 1 is 1.10 bits per heavy atom. The quantitative estimate of drug-likeness (QED) is 0.644. The second kappa shape index (κ2) is 10.3. The minimum Gasteiger partial charge on any atom is -0.481 e. The molecule has 1 aromatic heterocycles. The molecule has 0 bridgehead atoms. The second-order valence-electron chi connectivity index (χ2n) is 6.78. The van der Waals surface area contributed by atoms with Crippen molar-refractivity contribution in [1.29, 1.82) is 0 Å². The van der Waals surface area contributed by atoms with Gasteiger partial charge in [-0.2, -0.15) is 0 Å². The summed E-state index contributed by atoms with van der Waals surface area (Å²) in [5.41, 5.74) is 2.95. The predicted octanol–water partition coefficient (Wildman–Crippen LogP) is 1.90. The molecule has 1 heterocycles. The Kier molecular flexibility index (Phi) is 7.82. The van der Waals surface area contributed by atoms with Crippen LogP contribution in [0.1, 0.15) is 22.5 Å². The average molecular weight is 402 g/mol. The van der Waals surface area contributed by atoms with Crippen LogP contribution in [0.15, 0.2) is 34.9 Å². The average Bonchev–Trinajstić information content (AvgIpc) is 3.17. The van der Waals surface area contributed by atoms with Crippen LogP contribution in [0.2, 0.25) is 0 Å². The van der Waals surface area contributed by atoms with Crippen molar-refractivity contribution < 1.29 is 28.3 Å². The minimum atomic E-state index is -0.659. The Morgan fingerprint density at radius 2 is 1.79 bits per heavy atom. The van der Waals surface area contributed by atoms with E-state index in [9.17, 15) is 14.4 Å². The van der Waals surface area contributed by atoms with Crippen molar-refractivity contribution in [2.24, 2.45) is 0 Å². The fraction of sp³-hybridized carbons (Fsp3) is 0.381. The molecule has 0 radical (unpaired) electrons. The lowest BCUT2D eigenvalue weighted by Crippen LogP contribution is -2.40. The molecule has 0 saturated carbocycles. The van der Waals surface area contributed by atoms with Gasteiger partial charge in [0.1, 0.15) is 11.5 Å². The smallest absolute Gasteiger partial charge is 0.344 e. The van der Waals surface area contributed by atoms with Crippen LogP contribution >= 0.6 is 0 Å². The van der Waals surface area contributed by atoms with Gasteiger partial charge in [0.15, 0.2) is 13.2 Å². The zero-order chi connectivity index (χ0) is 21.4. The van der Waals surface area contributed by atoms with E-state index in [4.69, 9.17) is 13.9 Å². The number of furan rings is 1. The number of aryl methyl sites for hydroxylation is 3. The molecule has 156 valence electrons. The van der Waals surface area contributed by atoms with E-state index in [1.165, 1.54) is 18.2 Å². The number of rotatable bonds is 9. The molecule has 1 N–H and O–H groups in total. The van der Waals surface area contributed by atoms with E-state index in [2.05, 4.69) is 5.32 Å². The number of likely N-dealkylation sites (N-methyl/N-ethyl adjacent to an activating group) is 1. The van der Waals surface area contributed by atoms with Gasteiger partial charge in [-0.25, -0.2) is 4.79 Å². The molecule has 8 nitrogen and oxygen atoms in total. The van der Waals surface area contributed by atoms with Crippen LogP contribution in [0.25, 0.3) is 0 Å². The zero-order valence-corrected chi connectivity index (χ0v) is 17.1. The maximum absolute atomic E-state index is 12.0. The molecule has 0 unspecified atom stereocenters. The summed E-state index contributed by atoms with van der Waals surface area (Å²) in [6.07, 6.45) is 1.51. The van der Waals surface area contributed by atoms with E-state index in [0.717, 1.165) is 16.7 Å². The van der Waals surface area contributed by atoms with E-state index in [0.29, 0.717) is 11.5 Å². The highest BCUT2D eigenvalue weighted by molar-refractivity contribution is 5.86. The van der Waals surface area contributed by atoms with Gasteiger partial charge in [0.25, 0.3) is 5.91 Å². The largest absolute Gasteiger partial charge is 0.481 e. The van der Waals surface area contributed by atoms with Crippen molar-refractivity contribution in [2.75, 3.05) is 26.8 Å². The van der Waals surface area contributed by atoms with Crippen LogP contribution in [-0.4, -0.2) is 49.5 Å². The number of nitrogens with zero attached hydrogens (tertiary/aromatic N) is 1. The van der Waals surface area contributed by atoms with Crippen molar-refractivity contribution in [2.45, 2.75) is 27.3 Å². The summed E-state index contributed by atoms with van der Waals surface area (Å²) < 4.78 is 15.6. The van der Waals surface area contributed by atoms with E-state index in [1.54, 1.807) is 12.1 Å². The Bertz CT molecular complexity index is 837. The van der Waals surface area contributed by atoms with Gasteiger partial charge in [-0.05, 0) is 44.0 Å². The molecule has 0 spiro atoms. The Labute approximate surface area is 169 Å². The number of esters is 1. The number of benzene rings is 1. The van der Waals surface area contributed by atoms with Gasteiger partial charge in [0, 0.05) is 7.05 Å². The number of amides is 2. The SMILES string of the molecule is Cc1cc(C)c(OCC(=O)OCC(=O)N(C)CC(=O)NCc2ccco2)c(C)c1. The molecule has 0 atom stereocenters. The first-order chi connectivity index (χ1) is 13.8. The molecule has 0 aliphatic heterocycles. The third kappa shape index (κ3) is 6.99. The number of nitrogens with one attached hydrogen (secondary N) is 1. The topological polar surface area (TPSA) is 98.1 Å². The highest BCUT2D eigenvalue weighted by Crippen LogP contribution is 2.24. The summed E-state index contributed by atoms with van der Waals surface area (Å²) in [5, 5.41) is 2.63. The first-order valence-electron chi connectivity index (χ1n) is 9.15. The molecule has 0 aliphatic rings. The number of hydrogen-bond donors (Lipinski definition) is 1. The molecule has 0 aliphatic carbocycles. The fourth-order valence-electron chi connectivity index (χ4n) is 2.78. The molecule has 2 rings (SSSR count). The van der Waals surface area contributed by atoms with Gasteiger partial charge in [0.05, 0.1) is 19.4 Å². The number of ether oxygens (including phenoxy) is 2. The first kappa shape index (κ1) is 22.0. The molecule has 29 heavy (non-hydrogen) atoms. The third-order valence-corrected chi connectivity index (χ3v) is 4.14. The summed E-state index contributed by atoms with van der Waals surface area (Å²) in [6, 6.07) is 7.37. The van der Waals surface area contributed by atoms with Crippen molar-refractivity contribution in [1.82, 2.24) is 10.2 Å².